The molecule has 2 aromatic rings. The van der Waals surface area contributed by atoms with E-state index in [0.29, 0.717) is 5.56 Å². The molecule has 3 rings (SSSR count). The molecule has 0 amide bonds. The summed E-state index contributed by atoms with van der Waals surface area (Å²) in [4.78, 5) is 5.94. The van der Waals surface area contributed by atoms with Crippen LogP contribution in [0.5, 0.6) is 0 Å². The number of alkyl halides is 3. The van der Waals surface area contributed by atoms with Gasteiger partial charge in [0.25, 0.3) is 5.82 Å². The molecule has 24 heavy (non-hydrogen) atoms. The van der Waals surface area contributed by atoms with Gasteiger partial charge in [0.15, 0.2) is 5.82 Å². The molecule has 0 saturated carbocycles. The smallest absolute Gasteiger partial charge is 0.379 e. The van der Waals surface area contributed by atoms with E-state index in [1.54, 1.807) is 12.1 Å². The van der Waals surface area contributed by atoms with Crippen molar-refractivity contribution in [3.63, 3.8) is 0 Å². The van der Waals surface area contributed by atoms with E-state index in [4.69, 9.17) is 4.74 Å². The minimum Gasteiger partial charge on any atom is -0.379 e. The van der Waals surface area contributed by atoms with Gasteiger partial charge >= 0.3 is 6.18 Å². The molecule has 0 spiro atoms. The number of aryl methyl sites for hydroxylation is 1. The van der Waals surface area contributed by atoms with Gasteiger partial charge in [-0.05, 0) is 12.5 Å². The number of ether oxygens (including phenoxy) is 1. The number of hydrogen-bond acceptors (Lipinski definition) is 4. The molecule has 5 nitrogen and oxygen atoms in total. The monoisotopic (exact) mass is 340 g/mol. The lowest BCUT2D eigenvalue weighted by Gasteiger charge is -2.32. The first kappa shape index (κ1) is 16.9. The third kappa shape index (κ3) is 3.44. The normalized spacial score (nSPS) is 17.9. The van der Waals surface area contributed by atoms with Crippen LogP contribution in [0.25, 0.3) is 11.4 Å². The van der Waals surface area contributed by atoms with Gasteiger partial charge < -0.3 is 4.74 Å². The zero-order chi connectivity index (χ0) is 17.3. The van der Waals surface area contributed by atoms with E-state index >= 15 is 0 Å². The van der Waals surface area contributed by atoms with Crippen LogP contribution < -0.4 is 0 Å². The molecular formula is C16H19F3N4O. The Labute approximate surface area is 138 Å². The van der Waals surface area contributed by atoms with Gasteiger partial charge in [0.1, 0.15) is 0 Å². The molecular weight excluding hydrogens is 321 g/mol. The van der Waals surface area contributed by atoms with Crippen molar-refractivity contribution in [2.45, 2.75) is 19.1 Å². The number of halogens is 3. The van der Waals surface area contributed by atoms with Crippen molar-refractivity contribution in [3.05, 3.63) is 35.7 Å². The van der Waals surface area contributed by atoms with Crippen LogP contribution >= 0.6 is 0 Å². The molecule has 0 radical (unpaired) electrons. The molecule has 1 aromatic heterocycles. The second-order valence-corrected chi connectivity index (χ2v) is 5.83. The fourth-order valence-corrected chi connectivity index (χ4v) is 2.84. The number of rotatable bonds is 3. The van der Waals surface area contributed by atoms with Gasteiger partial charge in [0.05, 0.1) is 13.2 Å². The Bertz CT molecular complexity index is 690. The first-order valence-corrected chi connectivity index (χ1v) is 7.76. The molecule has 0 bridgehead atoms. The minimum absolute atomic E-state index is 0.202. The summed E-state index contributed by atoms with van der Waals surface area (Å²) in [7, 11) is 1.46. The van der Waals surface area contributed by atoms with Gasteiger partial charge in [-0.2, -0.15) is 13.2 Å². The van der Waals surface area contributed by atoms with Crippen molar-refractivity contribution >= 4 is 0 Å². The number of aromatic nitrogens is 3. The van der Waals surface area contributed by atoms with Crippen LogP contribution in [0.1, 0.15) is 24.4 Å². The predicted molar refractivity (Wildman–Crippen MR) is 82.2 cm³/mol. The minimum atomic E-state index is -4.54. The molecule has 1 fully saturated rings. The van der Waals surface area contributed by atoms with Gasteiger partial charge in [0, 0.05) is 31.7 Å². The van der Waals surface area contributed by atoms with Crippen LogP contribution in [0.3, 0.4) is 0 Å². The van der Waals surface area contributed by atoms with E-state index in [1.807, 2.05) is 12.1 Å². The van der Waals surface area contributed by atoms with E-state index in [2.05, 4.69) is 21.9 Å². The average molecular weight is 340 g/mol. The van der Waals surface area contributed by atoms with Crippen LogP contribution in [-0.4, -0.2) is 46.0 Å². The molecule has 0 aliphatic carbocycles. The zero-order valence-electron chi connectivity index (χ0n) is 13.5. The van der Waals surface area contributed by atoms with Crippen molar-refractivity contribution < 1.29 is 17.9 Å². The summed E-state index contributed by atoms with van der Waals surface area (Å²) < 4.78 is 44.7. The average Bonchev–Trinajstić information content (AvgIpc) is 2.97. The molecule has 8 heteroatoms. The summed E-state index contributed by atoms with van der Waals surface area (Å²) in [6, 6.07) is 7.66. The van der Waals surface area contributed by atoms with Crippen LogP contribution in [0.15, 0.2) is 24.3 Å². The Balaban J connectivity index is 1.80. The van der Waals surface area contributed by atoms with Crippen LogP contribution in [0, 0.1) is 0 Å². The summed E-state index contributed by atoms with van der Waals surface area (Å²) >= 11 is 0. The van der Waals surface area contributed by atoms with Crippen LogP contribution in [-0.2, 0) is 18.0 Å². The molecule has 1 atom stereocenters. The maximum Gasteiger partial charge on any atom is 0.453 e. The maximum atomic E-state index is 12.7. The van der Waals surface area contributed by atoms with E-state index in [9.17, 15) is 13.2 Å². The van der Waals surface area contributed by atoms with E-state index < -0.39 is 12.0 Å². The number of benzene rings is 1. The number of morpholine rings is 1. The Hall–Kier alpha value is -1.93. The third-order valence-corrected chi connectivity index (χ3v) is 4.26. The molecule has 1 aromatic carbocycles. The summed E-state index contributed by atoms with van der Waals surface area (Å²) in [6.07, 6.45) is -4.54. The topological polar surface area (TPSA) is 43.2 Å². The Kier molecular flexibility index (Phi) is 4.60. The van der Waals surface area contributed by atoms with Crippen molar-refractivity contribution in [1.82, 2.24) is 19.7 Å². The van der Waals surface area contributed by atoms with Gasteiger partial charge in [-0.3, -0.25) is 4.90 Å². The third-order valence-electron chi connectivity index (χ3n) is 4.26. The first-order chi connectivity index (χ1) is 11.4. The quantitative estimate of drug-likeness (QED) is 0.862. The Morgan fingerprint density at radius 3 is 2.29 bits per heavy atom. The Morgan fingerprint density at radius 2 is 1.75 bits per heavy atom. The highest BCUT2D eigenvalue weighted by atomic mass is 19.4. The lowest BCUT2D eigenvalue weighted by atomic mass is 10.0. The molecule has 1 aliphatic heterocycles. The molecule has 0 N–H and O–H groups in total. The number of nitrogens with zero attached hydrogens (tertiary/aromatic N) is 4. The second kappa shape index (κ2) is 6.52. The second-order valence-electron chi connectivity index (χ2n) is 5.83. The van der Waals surface area contributed by atoms with E-state index in [0.717, 1.165) is 36.5 Å². The summed E-state index contributed by atoms with van der Waals surface area (Å²) in [5.74, 6) is -0.918. The van der Waals surface area contributed by atoms with Gasteiger partial charge in [-0.1, -0.05) is 24.3 Å². The van der Waals surface area contributed by atoms with Gasteiger partial charge in [-0.15, -0.1) is 5.10 Å². The van der Waals surface area contributed by atoms with Crippen LogP contribution in [0.4, 0.5) is 13.2 Å². The predicted octanol–water partition coefficient (Wildman–Crippen LogP) is 2.89. The maximum absolute atomic E-state index is 12.7. The lowest BCUT2D eigenvalue weighted by Crippen LogP contribution is -2.37. The van der Waals surface area contributed by atoms with E-state index in [-0.39, 0.29) is 11.9 Å². The highest BCUT2D eigenvalue weighted by Gasteiger charge is 2.36. The molecule has 130 valence electrons. The SMILES string of the molecule is C[C@@H](c1ccc(-c2nc(C(F)(F)F)nn2C)cc1)N1CCOCC1. The molecule has 0 unspecified atom stereocenters. The summed E-state index contributed by atoms with van der Waals surface area (Å²) in [5, 5.41) is 3.45. The highest BCUT2D eigenvalue weighted by Crippen LogP contribution is 2.29. The van der Waals surface area contributed by atoms with Crippen molar-refractivity contribution in [2.75, 3.05) is 26.3 Å². The fraction of sp³-hybridized carbons (Fsp3) is 0.500. The van der Waals surface area contributed by atoms with Crippen molar-refractivity contribution in [1.29, 1.82) is 0 Å². The molecule has 1 saturated heterocycles. The van der Waals surface area contributed by atoms with Gasteiger partial charge in [0.2, 0.25) is 0 Å². The molecule has 2 heterocycles. The Morgan fingerprint density at radius 1 is 1.12 bits per heavy atom. The summed E-state index contributed by atoms with van der Waals surface area (Å²) in [6.45, 7) is 5.32. The lowest BCUT2D eigenvalue weighted by molar-refractivity contribution is -0.144. The van der Waals surface area contributed by atoms with Crippen molar-refractivity contribution in [2.24, 2.45) is 7.05 Å². The first-order valence-electron chi connectivity index (χ1n) is 7.76. The largest absolute Gasteiger partial charge is 0.453 e. The van der Waals surface area contributed by atoms with Crippen molar-refractivity contribution in [3.8, 4) is 11.4 Å². The highest BCUT2D eigenvalue weighted by molar-refractivity contribution is 5.56. The fourth-order valence-electron chi connectivity index (χ4n) is 2.84. The van der Waals surface area contributed by atoms with E-state index in [1.165, 1.54) is 7.05 Å². The zero-order valence-corrected chi connectivity index (χ0v) is 13.5. The summed E-state index contributed by atoms with van der Waals surface area (Å²) in [5.41, 5.74) is 1.72. The van der Waals surface area contributed by atoms with Crippen LogP contribution in [0.2, 0.25) is 0 Å². The van der Waals surface area contributed by atoms with Gasteiger partial charge in [-0.25, -0.2) is 9.67 Å². The standard InChI is InChI=1S/C16H19F3N4O/c1-11(23-7-9-24-10-8-23)12-3-5-13(6-4-12)14-20-15(16(17,18)19)21-22(14)2/h3-6,11H,7-10H2,1-2H3/t11-/m0/s1. The molecule has 1 aliphatic rings. The number of hydrogen-bond donors (Lipinski definition) is 0.